The highest BCUT2D eigenvalue weighted by molar-refractivity contribution is 7.11. The fourth-order valence-electron chi connectivity index (χ4n) is 2.49. The number of thiazole rings is 1. The number of carbonyl (C=O) groups is 1. The second kappa shape index (κ2) is 5.66. The molecule has 1 heterocycles. The molecule has 3 aromatic rings. The third-order valence-corrected chi connectivity index (χ3v) is 4.69. The van der Waals surface area contributed by atoms with Gasteiger partial charge in [0.1, 0.15) is 0 Å². The monoisotopic (exact) mass is 297 g/mol. The highest BCUT2D eigenvalue weighted by Crippen LogP contribution is 2.25. The Morgan fingerprint density at radius 1 is 1.19 bits per heavy atom. The number of rotatable bonds is 4. The van der Waals surface area contributed by atoms with Crippen molar-refractivity contribution in [1.29, 1.82) is 0 Å². The standard InChI is InChI=1S/C17H15NO2S/c1-2-14-16(17(19)20)18-15(21-14)10-12-8-5-7-11-6-3-4-9-13(11)12/h3-9H,2,10H2,1H3,(H,19,20). The number of fused-ring (bicyclic) bond motifs is 1. The minimum absolute atomic E-state index is 0.206. The largest absolute Gasteiger partial charge is 0.476 e. The Balaban J connectivity index is 2.01. The van der Waals surface area contributed by atoms with Crippen molar-refractivity contribution < 1.29 is 9.90 Å². The first-order chi connectivity index (χ1) is 10.2. The molecule has 21 heavy (non-hydrogen) atoms. The van der Waals surface area contributed by atoms with E-state index in [0.717, 1.165) is 9.88 Å². The van der Waals surface area contributed by atoms with Gasteiger partial charge in [-0.1, -0.05) is 49.4 Å². The van der Waals surface area contributed by atoms with Crippen molar-refractivity contribution in [3.8, 4) is 0 Å². The number of benzene rings is 2. The number of aromatic carboxylic acids is 1. The lowest BCUT2D eigenvalue weighted by Crippen LogP contribution is -2.00. The Kier molecular flexibility index (Phi) is 3.71. The van der Waals surface area contributed by atoms with Crippen LogP contribution in [0.2, 0.25) is 0 Å². The summed E-state index contributed by atoms with van der Waals surface area (Å²) in [4.78, 5) is 16.3. The van der Waals surface area contributed by atoms with E-state index in [4.69, 9.17) is 0 Å². The van der Waals surface area contributed by atoms with Crippen LogP contribution in [0.5, 0.6) is 0 Å². The van der Waals surface area contributed by atoms with Crippen molar-refractivity contribution in [2.75, 3.05) is 0 Å². The Bertz CT molecular complexity index is 802. The van der Waals surface area contributed by atoms with Crippen LogP contribution in [0, 0.1) is 0 Å². The van der Waals surface area contributed by atoms with Gasteiger partial charge in [-0.15, -0.1) is 11.3 Å². The van der Waals surface area contributed by atoms with Crippen molar-refractivity contribution >= 4 is 28.1 Å². The zero-order valence-electron chi connectivity index (χ0n) is 11.7. The van der Waals surface area contributed by atoms with Crippen molar-refractivity contribution in [2.45, 2.75) is 19.8 Å². The molecule has 0 amide bonds. The van der Waals surface area contributed by atoms with Crippen molar-refractivity contribution in [1.82, 2.24) is 4.98 Å². The molecule has 0 aliphatic rings. The Morgan fingerprint density at radius 2 is 1.95 bits per heavy atom. The first-order valence-electron chi connectivity index (χ1n) is 6.87. The molecular weight excluding hydrogens is 282 g/mol. The molecule has 2 aromatic carbocycles. The molecule has 0 aliphatic heterocycles. The molecule has 0 atom stereocenters. The molecular formula is C17H15NO2S. The highest BCUT2D eigenvalue weighted by atomic mass is 32.1. The first kappa shape index (κ1) is 13.8. The van der Waals surface area contributed by atoms with Crippen molar-refractivity contribution in [2.24, 2.45) is 0 Å². The maximum absolute atomic E-state index is 11.2. The summed E-state index contributed by atoms with van der Waals surface area (Å²) in [7, 11) is 0. The van der Waals surface area contributed by atoms with Crippen LogP contribution < -0.4 is 0 Å². The number of aromatic nitrogens is 1. The summed E-state index contributed by atoms with van der Waals surface area (Å²) in [5.74, 6) is -0.938. The number of carboxylic acid groups (broad SMARTS) is 1. The average molecular weight is 297 g/mol. The summed E-state index contributed by atoms with van der Waals surface area (Å²) in [6.45, 7) is 1.96. The molecule has 3 nitrogen and oxygen atoms in total. The maximum atomic E-state index is 11.2. The predicted molar refractivity (Wildman–Crippen MR) is 85.2 cm³/mol. The van der Waals surface area contributed by atoms with E-state index in [-0.39, 0.29) is 5.69 Å². The van der Waals surface area contributed by atoms with Crippen LogP contribution in [-0.4, -0.2) is 16.1 Å². The molecule has 106 valence electrons. The molecule has 0 unspecified atom stereocenters. The summed E-state index contributed by atoms with van der Waals surface area (Å²) in [6, 6.07) is 14.4. The fraction of sp³-hybridized carbons (Fsp3) is 0.176. The molecule has 4 heteroatoms. The molecule has 0 radical (unpaired) electrons. The molecule has 1 N–H and O–H groups in total. The number of nitrogens with zero attached hydrogens (tertiary/aromatic N) is 1. The zero-order valence-corrected chi connectivity index (χ0v) is 12.5. The quantitative estimate of drug-likeness (QED) is 0.787. The number of aryl methyl sites for hydroxylation is 1. The summed E-state index contributed by atoms with van der Waals surface area (Å²) in [5, 5.41) is 12.4. The third kappa shape index (κ3) is 2.67. The average Bonchev–Trinajstić information content (AvgIpc) is 2.91. The minimum atomic E-state index is -0.938. The smallest absolute Gasteiger partial charge is 0.355 e. The van der Waals surface area contributed by atoms with Crippen molar-refractivity contribution in [3.05, 3.63) is 63.6 Å². The molecule has 0 saturated heterocycles. The number of hydrogen-bond donors (Lipinski definition) is 1. The van der Waals surface area contributed by atoms with Gasteiger partial charge in [-0.25, -0.2) is 9.78 Å². The van der Waals surface area contributed by atoms with Crippen molar-refractivity contribution in [3.63, 3.8) is 0 Å². The van der Waals surface area contributed by atoms with Crippen LogP contribution in [0.3, 0.4) is 0 Å². The fourth-order valence-corrected chi connectivity index (χ4v) is 3.52. The summed E-state index contributed by atoms with van der Waals surface area (Å²) < 4.78 is 0. The minimum Gasteiger partial charge on any atom is -0.476 e. The first-order valence-corrected chi connectivity index (χ1v) is 7.69. The summed E-state index contributed by atoms with van der Waals surface area (Å²) in [6.07, 6.45) is 1.38. The lowest BCUT2D eigenvalue weighted by Gasteiger charge is -2.04. The van der Waals surface area contributed by atoms with Gasteiger partial charge >= 0.3 is 5.97 Å². The Labute approximate surface area is 126 Å². The van der Waals surface area contributed by atoms with E-state index >= 15 is 0 Å². The van der Waals surface area contributed by atoms with E-state index in [2.05, 4.69) is 29.2 Å². The molecule has 0 spiro atoms. The second-order valence-corrected chi connectivity index (χ2v) is 6.02. The van der Waals surface area contributed by atoms with Gasteiger partial charge < -0.3 is 5.11 Å². The van der Waals surface area contributed by atoms with Crippen LogP contribution in [0.1, 0.15) is 32.9 Å². The Morgan fingerprint density at radius 3 is 2.67 bits per heavy atom. The van der Waals surface area contributed by atoms with Crippen LogP contribution >= 0.6 is 11.3 Å². The van der Waals surface area contributed by atoms with Gasteiger partial charge in [0.25, 0.3) is 0 Å². The molecule has 0 saturated carbocycles. The van der Waals surface area contributed by atoms with Gasteiger partial charge in [0.05, 0.1) is 5.01 Å². The second-order valence-electron chi connectivity index (χ2n) is 4.85. The summed E-state index contributed by atoms with van der Waals surface area (Å²) >= 11 is 1.50. The normalized spacial score (nSPS) is 10.9. The van der Waals surface area contributed by atoms with Gasteiger partial charge in [0.15, 0.2) is 5.69 Å². The van der Waals surface area contributed by atoms with E-state index in [9.17, 15) is 9.90 Å². The summed E-state index contributed by atoms with van der Waals surface area (Å²) in [5.41, 5.74) is 1.39. The van der Waals surface area contributed by atoms with Crippen LogP contribution in [0.15, 0.2) is 42.5 Å². The molecule has 3 rings (SSSR count). The highest BCUT2D eigenvalue weighted by Gasteiger charge is 2.16. The van der Waals surface area contributed by atoms with Crippen LogP contribution in [0.25, 0.3) is 10.8 Å². The van der Waals surface area contributed by atoms with Gasteiger partial charge in [-0.3, -0.25) is 0 Å². The predicted octanol–water partition coefficient (Wildman–Crippen LogP) is 4.15. The van der Waals surface area contributed by atoms with Gasteiger partial charge in [0, 0.05) is 11.3 Å². The van der Waals surface area contributed by atoms with E-state index in [1.54, 1.807) is 0 Å². The Hall–Kier alpha value is -2.20. The molecule has 0 bridgehead atoms. The van der Waals surface area contributed by atoms with Crippen LogP contribution in [-0.2, 0) is 12.8 Å². The van der Waals surface area contributed by atoms with Gasteiger partial charge in [-0.05, 0) is 22.8 Å². The topological polar surface area (TPSA) is 50.2 Å². The van der Waals surface area contributed by atoms with Gasteiger partial charge in [0.2, 0.25) is 0 Å². The lowest BCUT2D eigenvalue weighted by atomic mass is 10.0. The van der Waals surface area contributed by atoms with E-state index in [1.807, 2.05) is 25.1 Å². The maximum Gasteiger partial charge on any atom is 0.355 e. The zero-order chi connectivity index (χ0) is 14.8. The van der Waals surface area contributed by atoms with E-state index < -0.39 is 5.97 Å². The SMILES string of the molecule is CCc1sc(Cc2cccc3ccccc23)nc1C(=O)O. The number of carboxylic acids is 1. The molecule has 0 fully saturated rings. The van der Waals surface area contributed by atoms with E-state index in [1.165, 1.54) is 27.7 Å². The van der Waals surface area contributed by atoms with Crippen LogP contribution in [0.4, 0.5) is 0 Å². The third-order valence-electron chi connectivity index (χ3n) is 3.49. The molecule has 0 aliphatic carbocycles. The lowest BCUT2D eigenvalue weighted by molar-refractivity contribution is 0.0690. The van der Waals surface area contributed by atoms with Gasteiger partial charge in [-0.2, -0.15) is 0 Å². The number of hydrogen-bond acceptors (Lipinski definition) is 3. The molecule has 1 aromatic heterocycles. The van der Waals surface area contributed by atoms with E-state index in [0.29, 0.717) is 12.8 Å².